The highest BCUT2D eigenvalue weighted by Gasteiger charge is 2.31. The van der Waals surface area contributed by atoms with E-state index in [2.05, 4.69) is 10.1 Å². The van der Waals surface area contributed by atoms with Gasteiger partial charge in [-0.05, 0) is 53.6 Å². The molecular formula is C25H22F3NO5. The first-order chi connectivity index (χ1) is 16.2. The number of carbonyl (C=O) groups is 1. The normalized spacial score (nSPS) is 11.2. The van der Waals surface area contributed by atoms with Gasteiger partial charge in [0, 0.05) is 11.8 Å². The number of methoxy groups -OCH3 is 3. The maximum Gasteiger partial charge on any atom is 0.573 e. The van der Waals surface area contributed by atoms with Crippen LogP contribution in [0.15, 0.2) is 60.7 Å². The first-order valence-electron chi connectivity index (χ1n) is 9.97. The Hall–Kier alpha value is -4.14. The molecule has 3 rings (SSSR count). The van der Waals surface area contributed by atoms with Gasteiger partial charge in [-0.2, -0.15) is 0 Å². The zero-order valence-electron chi connectivity index (χ0n) is 18.6. The summed E-state index contributed by atoms with van der Waals surface area (Å²) in [6, 6.07) is 15.4. The highest BCUT2D eigenvalue weighted by molar-refractivity contribution is 6.09. The fourth-order valence-electron chi connectivity index (χ4n) is 3.10. The van der Waals surface area contributed by atoms with Gasteiger partial charge in [0.05, 0.1) is 26.9 Å². The molecule has 0 saturated carbocycles. The minimum Gasteiger partial charge on any atom is -0.497 e. The number of ether oxygens (including phenoxy) is 4. The van der Waals surface area contributed by atoms with E-state index in [4.69, 9.17) is 14.2 Å². The van der Waals surface area contributed by atoms with Gasteiger partial charge in [0.1, 0.15) is 23.0 Å². The van der Waals surface area contributed by atoms with Gasteiger partial charge in [0.15, 0.2) is 0 Å². The fraction of sp³-hybridized carbons (Fsp3) is 0.160. The average molecular weight is 473 g/mol. The SMILES string of the molecule is COc1ccc(/C=C/c2cc(OC)cc(OC)c2C(=O)Nc2ccc(OC(F)(F)F)cc2)cc1. The second-order valence-corrected chi connectivity index (χ2v) is 6.93. The van der Waals surface area contributed by atoms with Crippen molar-refractivity contribution in [2.45, 2.75) is 6.36 Å². The number of alkyl halides is 3. The topological polar surface area (TPSA) is 66.0 Å². The number of amides is 1. The van der Waals surface area contributed by atoms with Gasteiger partial charge in [0.2, 0.25) is 0 Å². The largest absolute Gasteiger partial charge is 0.573 e. The van der Waals surface area contributed by atoms with Crippen molar-refractivity contribution in [3.05, 3.63) is 77.4 Å². The first-order valence-corrected chi connectivity index (χ1v) is 9.97. The van der Waals surface area contributed by atoms with Crippen LogP contribution in [0.4, 0.5) is 18.9 Å². The zero-order chi connectivity index (χ0) is 24.7. The van der Waals surface area contributed by atoms with Crippen molar-refractivity contribution in [1.82, 2.24) is 0 Å². The molecule has 0 radical (unpaired) electrons. The number of hydrogen-bond acceptors (Lipinski definition) is 5. The van der Waals surface area contributed by atoms with Crippen molar-refractivity contribution >= 4 is 23.7 Å². The standard InChI is InChI=1S/C25H22F3NO5/c1-31-19-10-5-16(6-11-19)4-7-17-14-21(32-2)15-22(33-3)23(17)24(30)29-18-8-12-20(13-9-18)34-25(26,27)28/h4-15H,1-3H3,(H,29,30)/b7-4+. The summed E-state index contributed by atoms with van der Waals surface area (Å²) in [6.45, 7) is 0. The number of benzene rings is 3. The van der Waals surface area contributed by atoms with Crippen LogP contribution >= 0.6 is 0 Å². The highest BCUT2D eigenvalue weighted by Crippen LogP contribution is 2.31. The number of nitrogens with one attached hydrogen (secondary N) is 1. The van der Waals surface area contributed by atoms with Crippen LogP contribution in [0.25, 0.3) is 12.2 Å². The molecule has 1 N–H and O–H groups in total. The maximum atomic E-state index is 13.1. The van der Waals surface area contributed by atoms with Crippen LogP contribution < -0.4 is 24.3 Å². The maximum absolute atomic E-state index is 13.1. The molecule has 0 heterocycles. The predicted molar refractivity (Wildman–Crippen MR) is 123 cm³/mol. The Morgan fingerprint density at radius 1 is 0.794 bits per heavy atom. The molecule has 178 valence electrons. The molecule has 9 heteroatoms. The Labute approximate surface area is 194 Å². The Balaban J connectivity index is 1.90. The summed E-state index contributed by atoms with van der Waals surface area (Å²) in [5.41, 5.74) is 1.89. The molecule has 0 aliphatic rings. The molecule has 0 aliphatic carbocycles. The molecule has 0 unspecified atom stereocenters. The van der Waals surface area contributed by atoms with Crippen LogP contribution in [-0.4, -0.2) is 33.6 Å². The average Bonchev–Trinajstić information content (AvgIpc) is 2.82. The minimum absolute atomic E-state index is 0.226. The van der Waals surface area contributed by atoms with Crippen molar-refractivity contribution in [2.24, 2.45) is 0 Å². The minimum atomic E-state index is -4.80. The molecule has 0 fully saturated rings. The summed E-state index contributed by atoms with van der Waals surface area (Å²) in [5.74, 6) is 0.556. The van der Waals surface area contributed by atoms with E-state index in [1.807, 2.05) is 30.3 Å². The van der Waals surface area contributed by atoms with E-state index in [-0.39, 0.29) is 17.0 Å². The van der Waals surface area contributed by atoms with Gasteiger partial charge >= 0.3 is 6.36 Å². The molecule has 0 aliphatic heterocycles. The quantitative estimate of drug-likeness (QED) is 0.405. The van der Waals surface area contributed by atoms with Crippen LogP contribution in [0.5, 0.6) is 23.0 Å². The second-order valence-electron chi connectivity index (χ2n) is 6.93. The van der Waals surface area contributed by atoms with E-state index in [9.17, 15) is 18.0 Å². The van der Waals surface area contributed by atoms with Crippen molar-refractivity contribution in [1.29, 1.82) is 0 Å². The Morgan fingerprint density at radius 3 is 1.97 bits per heavy atom. The molecule has 0 atom stereocenters. The molecule has 6 nitrogen and oxygen atoms in total. The van der Waals surface area contributed by atoms with Crippen LogP contribution in [0.3, 0.4) is 0 Å². The predicted octanol–water partition coefficient (Wildman–Crippen LogP) is 6.03. The van der Waals surface area contributed by atoms with E-state index >= 15 is 0 Å². The van der Waals surface area contributed by atoms with E-state index in [0.29, 0.717) is 17.1 Å². The summed E-state index contributed by atoms with van der Waals surface area (Å²) in [5, 5.41) is 2.67. The lowest BCUT2D eigenvalue weighted by Gasteiger charge is -2.15. The lowest BCUT2D eigenvalue weighted by molar-refractivity contribution is -0.274. The summed E-state index contributed by atoms with van der Waals surface area (Å²) < 4.78 is 56.8. The van der Waals surface area contributed by atoms with Crippen LogP contribution in [-0.2, 0) is 0 Å². The summed E-state index contributed by atoms with van der Waals surface area (Å²) >= 11 is 0. The number of carbonyl (C=O) groups excluding carboxylic acids is 1. The monoisotopic (exact) mass is 473 g/mol. The van der Waals surface area contributed by atoms with Crippen molar-refractivity contribution in [3.8, 4) is 23.0 Å². The smallest absolute Gasteiger partial charge is 0.497 e. The third kappa shape index (κ3) is 6.44. The third-order valence-corrected chi connectivity index (χ3v) is 4.71. The molecule has 0 aromatic heterocycles. The second kappa shape index (κ2) is 10.7. The first kappa shape index (κ1) is 24.5. The molecule has 0 spiro atoms. The molecule has 0 saturated heterocycles. The van der Waals surface area contributed by atoms with Gasteiger partial charge in [-0.15, -0.1) is 13.2 Å². The van der Waals surface area contributed by atoms with Crippen molar-refractivity contribution in [2.75, 3.05) is 26.6 Å². The van der Waals surface area contributed by atoms with Crippen molar-refractivity contribution < 1.29 is 36.9 Å². The number of anilines is 1. The molecule has 1 amide bonds. The lowest BCUT2D eigenvalue weighted by Crippen LogP contribution is -2.17. The number of rotatable bonds is 8. The molecule has 0 bridgehead atoms. The molecular weight excluding hydrogens is 451 g/mol. The summed E-state index contributed by atoms with van der Waals surface area (Å²) in [7, 11) is 4.50. The van der Waals surface area contributed by atoms with E-state index in [1.54, 1.807) is 25.3 Å². The Kier molecular flexibility index (Phi) is 7.68. The van der Waals surface area contributed by atoms with Crippen LogP contribution in [0.1, 0.15) is 21.5 Å². The fourth-order valence-corrected chi connectivity index (χ4v) is 3.10. The van der Waals surface area contributed by atoms with Crippen LogP contribution in [0.2, 0.25) is 0 Å². The van der Waals surface area contributed by atoms with Gasteiger partial charge in [-0.1, -0.05) is 24.3 Å². The molecule has 34 heavy (non-hydrogen) atoms. The van der Waals surface area contributed by atoms with Gasteiger partial charge < -0.3 is 24.3 Å². The lowest BCUT2D eigenvalue weighted by atomic mass is 10.0. The molecule has 3 aromatic rings. The molecule has 3 aromatic carbocycles. The zero-order valence-corrected chi connectivity index (χ0v) is 18.6. The summed E-state index contributed by atoms with van der Waals surface area (Å²) in [6.07, 6.45) is -1.25. The van der Waals surface area contributed by atoms with Gasteiger partial charge in [-0.3, -0.25) is 4.79 Å². The Morgan fingerprint density at radius 2 is 1.41 bits per heavy atom. The Bertz CT molecular complexity index is 1160. The number of halogens is 3. The van der Waals surface area contributed by atoms with Crippen molar-refractivity contribution in [3.63, 3.8) is 0 Å². The van der Waals surface area contributed by atoms with E-state index in [0.717, 1.165) is 17.7 Å². The van der Waals surface area contributed by atoms with Gasteiger partial charge in [-0.25, -0.2) is 0 Å². The van der Waals surface area contributed by atoms with E-state index in [1.165, 1.54) is 26.4 Å². The third-order valence-electron chi connectivity index (χ3n) is 4.71. The highest BCUT2D eigenvalue weighted by atomic mass is 19.4. The summed E-state index contributed by atoms with van der Waals surface area (Å²) in [4.78, 5) is 13.1. The van der Waals surface area contributed by atoms with Crippen LogP contribution in [0, 0.1) is 0 Å². The van der Waals surface area contributed by atoms with Gasteiger partial charge in [0.25, 0.3) is 5.91 Å². The number of hydrogen-bond donors (Lipinski definition) is 1. The van der Waals surface area contributed by atoms with E-state index < -0.39 is 18.0 Å².